The number of hydrogen-bond acceptors (Lipinski definition) is 4. The van der Waals surface area contributed by atoms with Crippen LogP contribution in [0.25, 0.3) is 0 Å². The van der Waals surface area contributed by atoms with Gasteiger partial charge in [0.2, 0.25) is 5.91 Å². The van der Waals surface area contributed by atoms with Crippen LogP contribution < -0.4 is 5.32 Å². The third kappa shape index (κ3) is 6.01. The van der Waals surface area contributed by atoms with Crippen molar-refractivity contribution in [3.8, 4) is 0 Å². The van der Waals surface area contributed by atoms with Gasteiger partial charge in [0, 0.05) is 68.8 Å². The fourth-order valence-corrected chi connectivity index (χ4v) is 4.60. The lowest BCUT2D eigenvalue weighted by molar-refractivity contribution is -0.116. The summed E-state index contributed by atoms with van der Waals surface area (Å²) in [5.41, 5.74) is 0.845. The normalized spacial score (nSPS) is 25.0. The molecular weight excluding hydrogens is 404 g/mol. The number of nitrogens with zero attached hydrogens (tertiary/aromatic N) is 3. The molecule has 0 aliphatic carbocycles. The monoisotopic (exact) mass is 436 g/mol. The molecule has 2 atom stereocenters. The summed E-state index contributed by atoms with van der Waals surface area (Å²) in [6, 6.07) is 9.23. The molecule has 0 saturated carbocycles. The molecule has 6 heteroatoms. The maximum atomic E-state index is 12.2. The topological polar surface area (TPSA) is 38.8 Å². The van der Waals surface area contributed by atoms with E-state index in [0.717, 1.165) is 55.0 Å². The molecule has 150 valence electrons. The van der Waals surface area contributed by atoms with Gasteiger partial charge in [0.1, 0.15) is 0 Å². The van der Waals surface area contributed by atoms with Crippen LogP contribution in [0.5, 0.6) is 0 Å². The Morgan fingerprint density at radius 1 is 1.00 bits per heavy atom. The first-order chi connectivity index (χ1) is 13.0. The van der Waals surface area contributed by atoms with Gasteiger partial charge in [0.25, 0.3) is 0 Å². The predicted molar refractivity (Wildman–Crippen MR) is 115 cm³/mol. The van der Waals surface area contributed by atoms with Crippen molar-refractivity contribution < 1.29 is 4.79 Å². The molecule has 1 aromatic rings. The zero-order valence-electron chi connectivity index (χ0n) is 16.7. The largest absolute Gasteiger partial charge is 0.325 e. The minimum Gasteiger partial charge on any atom is -0.325 e. The number of para-hydroxylation sites is 1. The van der Waals surface area contributed by atoms with E-state index in [2.05, 4.69) is 49.8 Å². The van der Waals surface area contributed by atoms with Crippen LogP contribution >= 0.6 is 15.9 Å². The molecule has 1 N–H and O–H groups in total. The minimum atomic E-state index is 0.0846. The molecule has 27 heavy (non-hydrogen) atoms. The zero-order valence-corrected chi connectivity index (χ0v) is 18.2. The second kappa shape index (κ2) is 10.0. The number of amides is 1. The summed E-state index contributed by atoms with van der Waals surface area (Å²) in [6.45, 7) is 12.3. The van der Waals surface area contributed by atoms with Crippen LogP contribution in [0.3, 0.4) is 0 Å². The number of rotatable bonds is 7. The van der Waals surface area contributed by atoms with Gasteiger partial charge in [-0.1, -0.05) is 12.1 Å². The standard InChI is InChI=1S/C21H33BrN4O/c1-17-7-8-18(2)26(17)16-15-25-13-11-24(12-14-25)10-9-21(27)23-20-6-4-3-5-19(20)22/h3-6,17-18H,7-16H2,1-2H3,(H,23,27). The maximum Gasteiger partial charge on any atom is 0.225 e. The molecule has 2 saturated heterocycles. The SMILES string of the molecule is CC1CCC(C)N1CCN1CCN(CCC(=O)Nc2ccccc2Br)CC1. The lowest BCUT2D eigenvalue weighted by Crippen LogP contribution is -2.49. The fraction of sp³-hybridized carbons (Fsp3) is 0.667. The number of halogens is 1. The highest BCUT2D eigenvalue weighted by Gasteiger charge is 2.27. The number of likely N-dealkylation sites (tertiary alicyclic amines) is 1. The number of anilines is 1. The van der Waals surface area contributed by atoms with Gasteiger partial charge < -0.3 is 10.2 Å². The second-order valence-corrected chi connectivity index (χ2v) is 8.83. The van der Waals surface area contributed by atoms with E-state index in [4.69, 9.17) is 0 Å². The van der Waals surface area contributed by atoms with E-state index in [-0.39, 0.29) is 5.91 Å². The van der Waals surface area contributed by atoms with E-state index in [1.165, 1.54) is 25.9 Å². The zero-order chi connectivity index (χ0) is 19.2. The average molecular weight is 437 g/mol. The summed E-state index contributed by atoms with van der Waals surface area (Å²) < 4.78 is 0.925. The summed E-state index contributed by atoms with van der Waals surface area (Å²) in [4.78, 5) is 19.9. The second-order valence-electron chi connectivity index (χ2n) is 7.97. The van der Waals surface area contributed by atoms with E-state index in [0.29, 0.717) is 6.42 Å². The van der Waals surface area contributed by atoms with Crippen LogP contribution in [-0.4, -0.2) is 78.5 Å². The number of piperazine rings is 1. The summed E-state index contributed by atoms with van der Waals surface area (Å²) >= 11 is 3.47. The molecule has 5 nitrogen and oxygen atoms in total. The van der Waals surface area contributed by atoms with E-state index in [1.807, 2.05) is 24.3 Å². The number of benzene rings is 1. The number of nitrogens with one attached hydrogen (secondary N) is 1. The average Bonchev–Trinajstić information content (AvgIpc) is 2.99. The van der Waals surface area contributed by atoms with E-state index in [1.54, 1.807) is 0 Å². The van der Waals surface area contributed by atoms with Crippen molar-refractivity contribution in [3.05, 3.63) is 28.7 Å². The van der Waals surface area contributed by atoms with Crippen LogP contribution in [0, 0.1) is 0 Å². The molecule has 0 bridgehead atoms. The van der Waals surface area contributed by atoms with Gasteiger partial charge in [0.15, 0.2) is 0 Å². The Balaban J connectivity index is 1.32. The quantitative estimate of drug-likeness (QED) is 0.711. The van der Waals surface area contributed by atoms with Crippen molar-refractivity contribution >= 4 is 27.5 Å². The van der Waals surface area contributed by atoms with E-state index in [9.17, 15) is 4.79 Å². The summed E-state index contributed by atoms with van der Waals surface area (Å²) in [7, 11) is 0. The molecule has 1 aromatic carbocycles. The van der Waals surface area contributed by atoms with Crippen LogP contribution in [0.4, 0.5) is 5.69 Å². The number of carbonyl (C=O) groups is 1. The van der Waals surface area contributed by atoms with Gasteiger partial charge in [-0.15, -0.1) is 0 Å². The van der Waals surface area contributed by atoms with Crippen LogP contribution in [-0.2, 0) is 4.79 Å². The third-order valence-corrected chi connectivity index (χ3v) is 6.77. The smallest absolute Gasteiger partial charge is 0.225 e. The molecule has 2 aliphatic rings. The molecule has 0 aromatic heterocycles. The fourth-order valence-electron chi connectivity index (χ4n) is 4.22. The Morgan fingerprint density at radius 2 is 1.59 bits per heavy atom. The van der Waals surface area contributed by atoms with Crippen LogP contribution in [0.15, 0.2) is 28.7 Å². The highest BCUT2D eigenvalue weighted by Crippen LogP contribution is 2.23. The van der Waals surface area contributed by atoms with Crippen molar-refractivity contribution in [2.75, 3.05) is 51.1 Å². The van der Waals surface area contributed by atoms with Crippen molar-refractivity contribution in [3.63, 3.8) is 0 Å². The molecule has 0 radical (unpaired) electrons. The van der Waals surface area contributed by atoms with E-state index < -0.39 is 0 Å². The van der Waals surface area contributed by atoms with Crippen molar-refractivity contribution in [2.24, 2.45) is 0 Å². The van der Waals surface area contributed by atoms with E-state index >= 15 is 0 Å². The Morgan fingerprint density at radius 3 is 2.22 bits per heavy atom. The van der Waals surface area contributed by atoms with Gasteiger partial charge in [-0.25, -0.2) is 0 Å². The van der Waals surface area contributed by atoms with Crippen molar-refractivity contribution in [1.82, 2.24) is 14.7 Å². The summed E-state index contributed by atoms with van der Waals surface area (Å²) in [5, 5.41) is 2.99. The minimum absolute atomic E-state index is 0.0846. The van der Waals surface area contributed by atoms with Gasteiger partial charge in [-0.2, -0.15) is 0 Å². The number of hydrogen-bond donors (Lipinski definition) is 1. The number of carbonyl (C=O) groups excluding carboxylic acids is 1. The Hall–Kier alpha value is -0.950. The molecule has 3 rings (SSSR count). The maximum absolute atomic E-state index is 12.2. The van der Waals surface area contributed by atoms with Gasteiger partial charge >= 0.3 is 0 Å². The third-order valence-electron chi connectivity index (χ3n) is 6.08. The molecule has 2 heterocycles. The van der Waals surface area contributed by atoms with Gasteiger partial charge in [0.05, 0.1) is 5.69 Å². The Bertz CT molecular complexity index is 608. The van der Waals surface area contributed by atoms with Crippen LogP contribution in [0.1, 0.15) is 33.1 Å². The molecular formula is C21H33BrN4O. The van der Waals surface area contributed by atoms with Crippen molar-refractivity contribution in [1.29, 1.82) is 0 Å². The Kier molecular flexibility index (Phi) is 7.70. The summed E-state index contributed by atoms with van der Waals surface area (Å²) in [5.74, 6) is 0.0846. The van der Waals surface area contributed by atoms with Gasteiger partial charge in [-0.3, -0.25) is 14.6 Å². The highest BCUT2D eigenvalue weighted by atomic mass is 79.9. The Labute approximate surface area is 172 Å². The highest BCUT2D eigenvalue weighted by molar-refractivity contribution is 9.10. The molecule has 1 amide bonds. The van der Waals surface area contributed by atoms with Crippen molar-refractivity contribution in [2.45, 2.75) is 45.2 Å². The van der Waals surface area contributed by atoms with Gasteiger partial charge in [-0.05, 0) is 54.8 Å². The summed E-state index contributed by atoms with van der Waals surface area (Å²) in [6.07, 6.45) is 3.23. The first-order valence-corrected chi connectivity index (χ1v) is 11.1. The van der Waals surface area contributed by atoms with Crippen LogP contribution in [0.2, 0.25) is 0 Å². The molecule has 2 fully saturated rings. The molecule has 0 spiro atoms. The lowest BCUT2D eigenvalue weighted by atomic mass is 10.2. The lowest BCUT2D eigenvalue weighted by Gasteiger charge is -2.36. The first-order valence-electron chi connectivity index (χ1n) is 10.3. The molecule has 2 unspecified atom stereocenters. The first kappa shape index (κ1) is 20.8. The molecule has 2 aliphatic heterocycles. The predicted octanol–water partition coefficient (Wildman–Crippen LogP) is 3.27.